The minimum absolute atomic E-state index is 0.448. The van der Waals surface area contributed by atoms with Gasteiger partial charge in [0.15, 0.2) is 0 Å². The molecular weight excluding hydrogens is 228 g/mol. The molecule has 1 aliphatic rings. The summed E-state index contributed by atoms with van der Waals surface area (Å²) in [5.74, 6) is 1.99. The molecule has 1 aromatic rings. The number of hydrogen-bond donors (Lipinski definition) is 1. The van der Waals surface area contributed by atoms with Gasteiger partial charge in [0.2, 0.25) is 0 Å². The zero-order valence-electron chi connectivity index (χ0n) is 11.4. The van der Waals surface area contributed by atoms with Gasteiger partial charge in [0, 0.05) is 31.8 Å². The Labute approximate surface area is 109 Å². The highest BCUT2D eigenvalue weighted by atomic mass is 16.5. The molecule has 0 aromatic carbocycles. The summed E-state index contributed by atoms with van der Waals surface area (Å²) in [5, 5.41) is 0. The van der Waals surface area contributed by atoms with Crippen LogP contribution in [0.3, 0.4) is 0 Å². The van der Waals surface area contributed by atoms with Gasteiger partial charge in [0.1, 0.15) is 11.5 Å². The lowest BCUT2D eigenvalue weighted by Gasteiger charge is -2.31. The molecule has 1 saturated heterocycles. The van der Waals surface area contributed by atoms with Gasteiger partial charge >= 0.3 is 0 Å². The summed E-state index contributed by atoms with van der Waals surface area (Å²) in [7, 11) is 0. The van der Waals surface area contributed by atoms with Gasteiger partial charge in [-0.2, -0.15) is 0 Å². The number of likely N-dealkylation sites (tertiary alicyclic amines) is 1. The fraction of sp³-hybridized carbons (Fsp3) is 0.714. The highest BCUT2D eigenvalue weighted by molar-refractivity contribution is 5.20. The number of aryl methyl sites for hydroxylation is 1. The van der Waals surface area contributed by atoms with Crippen molar-refractivity contribution in [1.82, 2.24) is 4.90 Å². The molecule has 2 N–H and O–H groups in total. The molecule has 0 bridgehead atoms. The first-order valence-corrected chi connectivity index (χ1v) is 6.85. The first kappa shape index (κ1) is 13.6. The molecule has 0 aliphatic carbocycles. The number of nitrogens with two attached hydrogens (primary N) is 1. The fourth-order valence-electron chi connectivity index (χ4n) is 2.56. The van der Waals surface area contributed by atoms with E-state index < -0.39 is 0 Å². The van der Waals surface area contributed by atoms with Crippen molar-refractivity contribution in [2.45, 2.75) is 45.9 Å². The summed E-state index contributed by atoms with van der Waals surface area (Å²) in [4.78, 5) is 2.42. The highest BCUT2D eigenvalue weighted by Gasteiger charge is 2.20. The summed E-state index contributed by atoms with van der Waals surface area (Å²) < 4.78 is 11.4. The quantitative estimate of drug-likeness (QED) is 0.871. The Hall–Kier alpha value is -0.840. The van der Waals surface area contributed by atoms with Crippen LogP contribution in [0, 0.1) is 6.92 Å². The maximum Gasteiger partial charge on any atom is 0.118 e. The van der Waals surface area contributed by atoms with Crippen LogP contribution in [0.25, 0.3) is 0 Å². The molecule has 0 radical (unpaired) electrons. The van der Waals surface area contributed by atoms with Gasteiger partial charge in [-0.25, -0.2) is 0 Å². The summed E-state index contributed by atoms with van der Waals surface area (Å²) >= 11 is 0. The standard InChI is InChI=1S/C14H24N2O2/c1-3-17-13-4-6-16(7-5-13)10-14-8-12(9-15)11(2)18-14/h8,13H,3-7,9-10,15H2,1-2H3. The van der Waals surface area contributed by atoms with Crippen molar-refractivity contribution in [2.24, 2.45) is 5.73 Å². The molecule has 2 rings (SSSR count). The SMILES string of the molecule is CCOC1CCN(Cc2cc(CN)c(C)o2)CC1. The zero-order chi connectivity index (χ0) is 13.0. The molecular formula is C14H24N2O2. The predicted molar refractivity (Wildman–Crippen MR) is 71.3 cm³/mol. The van der Waals surface area contributed by atoms with Crippen LogP contribution in [-0.4, -0.2) is 30.7 Å². The van der Waals surface area contributed by atoms with E-state index in [-0.39, 0.29) is 0 Å². The zero-order valence-corrected chi connectivity index (χ0v) is 11.4. The van der Waals surface area contributed by atoms with Gasteiger partial charge in [0.05, 0.1) is 12.6 Å². The minimum atomic E-state index is 0.448. The summed E-state index contributed by atoms with van der Waals surface area (Å²) in [5.41, 5.74) is 6.78. The predicted octanol–water partition coefficient (Wildman–Crippen LogP) is 2.05. The summed E-state index contributed by atoms with van der Waals surface area (Å²) in [6.45, 7) is 8.48. The second-order valence-electron chi connectivity index (χ2n) is 4.93. The molecule has 0 atom stereocenters. The maximum absolute atomic E-state index is 5.73. The van der Waals surface area contributed by atoms with Crippen LogP contribution in [0.1, 0.15) is 36.8 Å². The van der Waals surface area contributed by atoms with Gasteiger partial charge < -0.3 is 14.9 Å². The topological polar surface area (TPSA) is 51.6 Å². The highest BCUT2D eigenvalue weighted by Crippen LogP contribution is 2.19. The van der Waals surface area contributed by atoms with E-state index in [4.69, 9.17) is 14.9 Å². The normalized spacial score (nSPS) is 18.4. The molecule has 2 heterocycles. The number of piperidine rings is 1. The number of ether oxygens (including phenoxy) is 1. The molecule has 4 nitrogen and oxygen atoms in total. The van der Waals surface area contributed by atoms with Gasteiger partial charge in [0.25, 0.3) is 0 Å². The minimum Gasteiger partial charge on any atom is -0.465 e. The lowest BCUT2D eigenvalue weighted by Crippen LogP contribution is -2.36. The van der Waals surface area contributed by atoms with E-state index in [1.54, 1.807) is 0 Å². The fourth-order valence-corrected chi connectivity index (χ4v) is 2.56. The molecule has 1 aromatic heterocycles. The van der Waals surface area contributed by atoms with E-state index >= 15 is 0 Å². The molecule has 1 fully saturated rings. The van der Waals surface area contributed by atoms with Gasteiger partial charge in [-0.3, -0.25) is 4.90 Å². The molecule has 0 spiro atoms. The van der Waals surface area contributed by atoms with Gasteiger partial charge in [-0.15, -0.1) is 0 Å². The van der Waals surface area contributed by atoms with E-state index in [2.05, 4.69) is 17.9 Å². The molecule has 0 unspecified atom stereocenters. The van der Waals surface area contributed by atoms with Crippen molar-refractivity contribution in [2.75, 3.05) is 19.7 Å². The second-order valence-corrected chi connectivity index (χ2v) is 4.93. The lowest BCUT2D eigenvalue weighted by atomic mass is 10.1. The van der Waals surface area contributed by atoms with Crippen molar-refractivity contribution in [3.63, 3.8) is 0 Å². The van der Waals surface area contributed by atoms with Gasteiger partial charge in [-0.05, 0) is 32.8 Å². The Morgan fingerprint density at radius 2 is 2.17 bits per heavy atom. The molecule has 102 valence electrons. The van der Waals surface area contributed by atoms with Crippen LogP contribution in [0.4, 0.5) is 0 Å². The number of hydrogen-bond acceptors (Lipinski definition) is 4. The largest absolute Gasteiger partial charge is 0.465 e. The molecule has 4 heteroatoms. The van der Waals surface area contributed by atoms with Crippen molar-refractivity contribution in [3.8, 4) is 0 Å². The monoisotopic (exact) mass is 252 g/mol. The van der Waals surface area contributed by atoms with Crippen LogP contribution >= 0.6 is 0 Å². The summed E-state index contributed by atoms with van der Waals surface area (Å²) in [6.07, 6.45) is 2.69. The average Bonchev–Trinajstić information content (AvgIpc) is 2.72. The van der Waals surface area contributed by atoms with E-state index in [0.29, 0.717) is 12.6 Å². The third-order valence-corrected chi connectivity index (χ3v) is 3.61. The van der Waals surface area contributed by atoms with Crippen molar-refractivity contribution in [3.05, 3.63) is 23.2 Å². The molecule has 0 amide bonds. The van der Waals surface area contributed by atoms with E-state index in [0.717, 1.165) is 56.2 Å². The van der Waals surface area contributed by atoms with Crippen LogP contribution in [-0.2, 0) is 17.8 Å². The Kier molecular flexibility index (Phi) is 4.80. The number of nitrogens with zero attached hydrogens (tertiary/aromatic N) is 1. The van der Waals surface area contributed by atoms with E-state index in [9.17, 15) is 0 Å². The Balaban J connectivity index is 1.83. The third kappa shape index (κ3) is 3.34. The average molecular weight is 252 g/mol. The maximum atomic E-state index is 5.73. The van der Waals surface area contributed by atoms with Crippen LogP contribution < -0.4 is 5.73 Å². The summed E-state index contributed by atoms with van der Waals surface area (Å²) in [6, 6.07) is 2.09. The van der Waals surface area contributed by atoms with Crippen LogP contribution in [0.15, 0.2) is 10.5 Å². The van der Waals surface area contributed by atoms with E-state index in [1.165, 1.54) is 0 Å². The van der Waals surface area contributed by atoms with Gasteiger partial charge in [-0.1, -0.05) is 0 Å². The second kappa shape index (κ2) is 6.36. The Bertz CT molecular complexity index is 368. The molecule has 1 aliphatic heterocycles. The third-order valence-electron chi connectivity index (χ3n) is 3.61. The van der Waals surface area contributed by atoms with Crippen molar-refractivity contribution < 1.29 is 9.15 Å². The lowest BCUT2D eigenvalue weighted by molar-refractivity contribution is 0.0112. The van der Waals surface area contributed by atoms with Crippen molar-refractivity contribution >= 4 is 0 Å². The van der Waals surface area contributed by atoms with E-state index in [1.807, 2.05) is 6.92 Å². The number of rotatable bonds is 5. The first-order chi connectivity index (χ1) is 8.72. The van der Waals surface area contributed by atoms with Crippen LogP contribution in [0.5, 0.6) is 0 Å². The first-order valence-electron chi connectivity index (χ1n) is 6.85. The Morgan fingerprint density at radius 1 is 1.44 bits per heavy atom. The molecule has 18 heavy (non-hydrogen) atoms. The number of furan rings is 1. The smallest absolute Gasteiger partial charge is 0.118 e. The van der Waals surface area contributed by atoms with Crippen LogP contribution in [0.2, 0.25) is 0 Å². The molecule has 0 saturated carbocycles. The van der Waals surface area contributed by atoms with Crippen molar-refractivity contribution in [1.29, 1.82) is 0 Å². The Morgan fingerprint density at radius 3 is 2.72 bits per heavy atom.